The van der Waals surface area contributed by atoms with Gasteiger partial charge in [-0.05, 0) is 66.6 Å². The zero-order valence-electron chi connectivity index (χ0n) is 19.3. The molecule has 6 nitrogen and oxygen atoms in total. The second-order valence-corrected chi connectivity index (χ2v) is 9.87. The van der Waals surface area contributed by atoms with Gasteiger partial charge in [0.2, 0.25) is 0 Å². The predicted octanol–water partition coefficient (Wildman–Crippen LogP) is 6.34. The van der Waals surface area contributed by atoms with E-state index in [4.69, 9.17) is 16.9 Å². The van der Waals surface area contributed by atoms with Crippen molar-refractivity contribution in [1.82, 2.24) is 4.90 Å². The summed E-state index contributed by atoms with van der Waals surface area (Å²) in [5, 5.41) is 22.1. The molecule has 2 aromatic rings. The van der Waals surface area contributed by atoms with Crippen LogP contribution in [0.3, 0.4) is 0 Å². The molecule has 0 bridgehead atoms. The van der Waals surface area contributed by atoms with Crippen molar-refractivity contribution in [3.05, 3.63) is 69.2 Å². The number of rotatable bonds is 3. The van der Waals surface area contributed by atoms with Crippen LogP contribution in [0.1, 0.15) is 60.7 Å². The number of piperidine rings is 1. The first-order chi connectivity index (χ1) is 15.5. The van der Waals surface area contributed by atoms with E-state index >= 15 is 0 Å². The smallest absolute Gasteiger partial charge is 0.407 e. The van der Waals surface area contributed by atoms with Crippen LogP contribution in [0, 0.1) is 23.7 Å². The number of carboxylic acid groups (broad SMARTS) is 1. The molecule has 0 aromatic heterocycles. The van der Waals surface area contributed by atoms with E-state index in [-0.39, 0.29) is 17.4 Å². The van der Waals surface area contributed by atoms with Crippen LogP contribution in [0.15, 0.2) is 42.0 Å². The SMILES string of the molecule is Cc1c(C=C2CCN(C(=O)O)C(C(C)(C)C)C2)cc(Cl)cc1NC(=O)c1cccc(C#N)c1. The number of nitrogens with zero attached hydrogens (tertiary/aromatic N) is 2. The number of anilines is 1. The van der Waals surface area contributed by atoms with Crippen molar-refractivity contribution >= 4 is 35.4 Å². The van der Waals surface area contributed by atoms with E-state index in [1.807, 2.05) is 19.1 Å². The number of hydrogen-bond donors (Lipinski definition) is 2. The van der Waals surface area contributed by atoms with Gasteiger partial charge in [0.1, 0.15) is 0 Å². The highest BCUT2D eigenvalue weighted by molar-refractivity contribution is 6.31. The Hall–Kier alpha value is -3.30. The Bertz CT molecular complexity index is 1160. The first-order valence-electron chi connectivity index (χ1n) is 10.8. The third-order valence-corrected chi connectivity index (χ3v) is 6.24. The molecule has 33 heavy (non-hydrogen) atoms. The number of amides is 2. The standard InChI is InChI=1S/C26H28ClN3O3/c1-16-20(10-17-8-9-30(25(32)33)23(12-17)26(2,3)4)13-21(27)14-22(16)29-24(31)19-7-5-6-18(11-19)15-28/h5-7,10-11,13-14,23H,8-9,12H2,1-4H3,(H,29,31)(H,32,33). The highest BCUT2D eigenvalue weighted by Gasteiger charge is 2.36. The summed E-state index contributed by atoms with van der Waals surface area (Å²) in [6.07, 6.45) is 2.46. The topological polar surface area (TPSA) is 93.4 Å². The summed E-state index contributed by atoms with van der Waals surface area (Å²) in [5.41, 5.74) is 4.10. The quantitative estimate of drug-likeness (QED) is 0.552. The van der Waals surface area contributed by atoms with Gasteiger partial charge in [0.25, 0.3) is 5.91 Å². The summed E-state index contributed by atoms with van der Waals surface area (Å²) >= 11 is 6.37. The van der Waals surface area contributed by atoms with E-state index in [1.165, 1.54) is 4.90 Å². The summed E-state index contributed by atoms with van der Waals surface area (Å²) in [7, 11) is 0. The maximum Gasteiger partial charge on any atom is 0.407 e. The average molecular weight is 466 g/mol. The molecule has 1 aliphatic rings. The lowest BCUT2D eigenvalue weighted by atomic mass is 9.79. The highest BCUT2D eigenvalue weighted by Crippen LogP contribution is 2.36. The lowest BCUT2D eigenvalue weighted by Crippen LogP contribution is -2.50. The minimum Gasteiger partial charge on any atom is -0.465 e. The van der Waals surface area contributed by atoms with Gasteiger partial charge in [0.05, 0.1) is 11.6 Å². The zero-order chi connectivity index (χ0) is 24.3. The van der Waals surface area contributed by atoms with Gasteiger partial charge in [-0.15, -0.1) is 0 Å². The minimum atomic E-state index is -0.890. The van der Waals surface area contributed by atoms with E-state index in [0.717, 1.165) is 16.7 Å². The third kappa shape index (κ3) is 5.74. The molecule has 0 radical (unpaired) electrons. The maximum atomic E-state index is 12.8. The summed E-state index contributed by atoms with van der Waals surface area (Å²) in [6, 6.07) is 12.0. The second kappa shape index (κ2) is 9.68. The third-order valence-electron chi connectivity index (χ3n) is 6.03. The largest absolute Gasteiger partial charge is 0.465 e. The van der Waals surface area contributed by atoms with Crippen LogP contribution in [0.25, 0.3) is 6.08 Å². The van der Waals surface area contributed by atoms with Crippen LogP contribution in [0.4, 0.5) is 10.5 Å². The summed E-state index contributed by atoms with van der Waals surface area (Å²) in [6.45, 7) is 8.52. The molecule has 1 unspecified atom stereocenters. The van der Waals surface area contributed by atoms with Crippen molar-refractivity contribution in [3.63, 3.8) is 0 Å². The average Bonchev–Trinajstić information content (AvgIpc) is 2.76. The molecule has 1 saturated heterocycles. The molecule has 0 aliphatic carbocycles. The van der Waals surface area contributed by atoms with Gasteiger partial charge in [0, 0.05) is 28.9 Å². The number of hydrogen-bond acceptors (Lipinski definition) is 3. The van der Waals surface area contributed by atoms with Crippen molar-refractivity contribution in [2.24, 2.45) is 5.41 Å². The summed E-state index contributed by atoms with van der Waals surface area (Å²) < 4.78 is 0. The Morgan fingerprint density at radius 1 is 1.27 bits per heavy atom. The Balaban J connectivity index is 1.89. The summed E-state index contributed by atoms with van der Waals surface area (Å²) in [5.74, 6) is -0.321. The molecule has 2 N–H and O–H groups in total. The van der Waals surface area contributed by atoms with E-state index in [0.29, 0.717) is 41.2 Å². The Morgan fingerprint density at radius 2 is 2.00 bits per heavy atom. The molecule has 0 spiro atoms. The fourth-order valence-corrected chi connectivity index (χ4v) is 4.37. The molecule has 1 heterocycles. The highest BCUT2D eigenvalue weighted by atomic mass is 35.5. The van der Waals surface area contributed by atoms with Gasteiger partial charge >= 0.3 is 6.09 Å². The molecule has 2 aromatic carbocycles. The lowest BCUT2D eigenvalue weighted by molar-refractivity contribution is 0.0724. The van der Waals surface area contributed by atoms with Gasteiger partial charge in [-0.3, -0.25) is 4.79 Å². The van der Waals surface area contributed by atoms with Gasteiger partial charge < -0.3 is 15.3 Å². The first kappa shape index (κ1) is 24.3. The zero-order valence-corrected chi connectivity index (χ0v) is 20.0. The molecule has 172 valence electrons. The van der Waals surface area contributed by atoms with Gasteiger partial charge in [0.15, 0.2) is 0 Å². The van der Waals surface area contributed by atoms with Crippen LogP contribution >= 0.6 is 11.6 Å². The van der Waals surface area contributed by atoms with Crippen LogP contribution in [0.5, 0.6) is 0 Å². The lowest BCUT2D eigenvalue weighted by Gasteiger charge is -2.42. The number of halogens is 1. The number of nitriles is 1. The molecular formula is C26H28ClN3O3. The van der Waals surface area contributed by atoms with E-state index < -0.39 is 6.09 Å². The van der Waals surface area contributed by atoms with Crippen molar-refractivity contribution in [1.29, 1.82) is 5.26 Å². The van der Waals surface area contributed by atoms with Crippen molar-refractivity contribution in [3.8, 4) is 6.07 Å². The maximum absolute atomic E-state index is 12.8. The van der Waals surface area contributed by atoms with Gasteiger partial charge in [-0.2, -0.15) is 5.26 Å². The van der Waals surface area contributed by atoms with Crippen molar-refractivity contribution in [2.75, 3.05) is 11.9 Å². The first-order valence-corrected chi connectivity index (χ1v) is 11.2. The Morgan fingerprint density at radius 3 is 2.64 bits per heavy atom. The molecular weight excluding hydrogens is 438 g/mol. The van der Waals surface area contributed by atoms with Crippen LogP contribution in [0.2, 0.25) is 5.02 Å². The number of carbonyl (C=O) groups is 2. The molecule has 0 saturated carbocycles. The van der Waals surface area contributed by atoms with Crippen LogP contribution in [-0.2, 0) is 0 Å². The molecule has 1 aliphatic heterocycles. The number of carbonyl (C=O) groups excluding carboxylic acids is 1. The number of nitrogens with one attached hydrogen (secondary N) is 1. The number of likely N-dealkylation sites (tertiary alicyclic amines) is 1. The minimum absolute atomic E-state index is 0.124. The molecule has 2 amide bonds. The normalized spacial score (nSPS) is 17.5. The van der Waals surface area contributed by atoms with Crippen molar-refractivity contribution < 1.29 is 14.7 Å². The number of benzene rings is 2. The Labute approximate surface area is 199 Å². The molecule has 3 rings (SSSR count). The second-order valence-electron chi connectivity index (χ2n) is 9.43. The van der Waals surface area contributed by atoms with Crippen LogP contribution in [-0.4, -0.2) is 34.6 Å². The molecule has 1 fully saturated rings. The predicted molar refractivity (Wildman–Crippen MR) is 130 cm³/mol. The van der Waals surface area contributed by atoms with E-state index in [1.54, 1.807) is 30.3 Å². The fraction of sp³-hybridized carbons (Fsp3) is 0.346. The van der Waals surface area contributed by atoms with Gasteiger partial charge in [-0.1, -0.05) is 50.1 Å². The summed E-state index contributed by atoms with van der Waals surface area (Å²) in [4.78, 5) is 26.0. The van der Waals surface area contributed by atoms with E-state index in [2.05, 4.69) is 32.2 Å². The van der Waals surface area contributed by atoms with E-state index in [9.17, 15) is 14.7 Å². The molecule has 7 heteroatoms. The Kier molecular flexibility index (Phi) is 7.14. The van der Waals surface area contributed by atoms with Crippen LogP contribution < -0.4 is 5.32 Å². The van der Waals surface area contributed by atoms with Crippen molar-refractivity contribution in [2.45, 2.75) is 46.6 Å². The fourth-order valence-electron chi connectivity index (χ4n) is 4.14. The van der Waals surface area contributed by atoms with Gasteiger partial charge in [-0.25, -0.2) is 4.79 Å². The monoisotopic (exact) mass is 465 g/mol. The molecule has 1 atom stereocenters.